The fourth-order valence-corrected chi connectivity index (χ4v) is 5.12. The molecule has 1 heterocycles. The summed E-state index contributed by atoms with van der Waals surface area (Å²) in [6.45, 7) is 0.725. The van der Waals surface area contributed by atoms with Gasteiger partial charge in [-0.25, -0.2) is 13.1 Å². The fraction of sp³-hybridized carbons (Fsp3) is 0.400. The summed E-state index contributed by atoms with van der Waals surface area (Å²) >= 11 is 0. The van der Waals surface area contributed by atoms with Crippen molar-refractivity contribution in [2.75, 3.05) is 13.2 Å². The molecule has 27 heavy (non-hydrogen) atoms. The summed E-state index contributed by atoms with van der Waals surface area (Å²) in [5, 5.41) is 9.69. The van der Waals surface area contributed by atoms with Crippen LogP contribution >= 0.6 is 0 Å². The Kier molecular flexibility index (Phi) is 5.08. The van der Waals surface area contributed by atoms with Crippen LogP contribution in [0.5, 0.6) is 11.5 Å². The average molecular weight is 389 g/mol. The predicted molar refractivity (Wildman–Crippen MR) is 100 cm³/mol. The van der Waals surface area contributed by atoms with E-state index in [9.17, 15) is 13.5 Å². The SMILES string of the molecule is O=S(=O)(N[C@@H](Cc1ccccc1)C1CC(O)C1)c1cccc2c1OCCO2. The summed E-state index contributed by atoms with van der Waals surface area (Å²) in [6, 6.07) is 14.4. The van der Waals surface area contributed by atoms with Gasteiger partial charge in [-0.1, -0.05) is 36.4 Å². The van der Waals surface area contributed by atoms with E-state index in [0.717, 1.165) is 5.56 Å². The minimum Gasteiger partial charge on any atom is -0.486 e. The number of aliphatic hydroxyl groups is 1. The molecule has 4 rings (SSSR count). The van der Waals surface area contributed by atoms with Crippen molar-refractivity contribution in [1.82, 2.24) is 4.72 Å². The van der Waals surface area contributed by atoms with Crippen LogP contribution in [-0.4, -0.2) is 38.9 Å². The van der Waals surface area contributed by atoms with Crippen LogP contribution < -0.4 is 14.2 Å². The third-order valence-electron chi connectivity index (χ3n) is 5.14. The number of nitrogens with one attached hydrogen (secondary N) is 1. The number of fused-ring (bicyclic) bond motifs is 1. The lowest BCUT2D eigenvalue weighted by Gasteiger charge is -2.38. The molecule has 0 radical (unpaired) electrons. The van der Waals surface area contributed by atoms with Gasteiger partial charge in [-0.2, -0.15) is 0 Å². The molecular formula is C20H23NO5S. The van der Waals surface area contributed by atoms with Crippen LogP contribution in [0.2, 0.25) is 0 Å². The molecule has 0 bridgehead atoms. The number of para-hydroxylation sites is 1. The molecule has 2 aromatic carbocycles. The third-order valence-corrected chi connectivity index (χ3v) is 6.66. The molecule has 0 amide bonds. The Bertz CT molecular complexity index is 894. The maximum Gasteiger partial charge on any atom is 0.244 e. The van der Waals surface area contributed by atoms with Crippen molar-refractivity contribution in [2.24, 2.45) is 5.92 Å². The van der Waals surface area contributed by atoms with Crippen LogP contribution in [0.3, 0.4) is 0 Å². The summed E-state index contributed by atoms with van der Waals surface area (Å²) in [7, 11) is -3.80. The van der Waals surface area contributed by atoms with E-state index >= 15 is 0 Å². The van der Waals surface area contributed by atoms with Gasteiger partial charge in [-0.3, -0.25) is 0 Å². The minimum absolute atomic E-state index is 0.0950. The van der Waals surface area contributed by atoms with Crippen molar-refractivity contribution >= 4 is 10.0 Å². The molecule has 0 saturated heterocycles. The quantitative estimate of drug-likeness (QED) is 0.791. The van der Waals surface area contributed by atoms with Gasteiger partial charge < -0.3 is 14.6 Å². The first kappa shape index (κ1) is 18.3. The molecule has 0 aromatic heterocycles. The Morgan fingerprint density at radius 1 is 1.04 bits per heavy atom. The highest BCUT2D eigenvalue weighted by atomic mass is 32.2. The lowest BCUT2D eigenvalue weighted by molar-refractivity contribution is 0.0283. The van der Waals surface area contributed by atoms with Gasteiger partial charge in [0, 0.05) is 6.04 Å². The first-order valence-electron chi connectivity index (χ1n) is 9.16. The van der Waals surface area contributed by atoms with Gasteiger partial charge in [0.25, 0.3) is 0 Å². The molecule has 2 aromatic rings. The molecule has 2 N–H and O–H groups in total. The van der Waals surface area contributed by atoms with Crippen molar-refractivity contribution in [1.29, 1.82) is 0 Å². The number of hydrogen-bond donors (Lipinski definition) is 2. The number of sulfonamides is 1. The van der Waals surface area contributed by atoms with E-state index in [2.05, 4.69) is 4.72 Å². The van der Waals surface area contributed by atoms with Crippen LogP contribution in [0.4, 0.5) is 0 Å². The smallest absolute Gasteiger partial charge is 0.244 e. The van der Waals surface area contributed by atoms with Crippen LogP contribution in [0, 0.1) is 5.92 Å². The van der Waals surface area contributed by atoms with Gasteiger partial charge in [0.2, 0.25) is 10.0 Å². The number of rotatable bonds is 6. The summed E-state index contributed by atoms with van der Waals surface area (Å²) in [5.41, 5.74) is 1.06. The molecule has 0 unspecified atom stereocenters. The monoisotopic (exact) mass is 389 g/mol. The Balaban J connectivity index is 1.60. The van der Waals surface area contributed by atoms with Gasteiger partial charge in [-0.15, -0.1) is 0 Å². The average Bonchev–Trinajstić information content (AvgIpc) is 2.65. The second-order valence-electron chi connectivity index (χ2n) is 7.08. The highest BCUT2D eigenvalue weighted by Gasteiger charge is 2.37. The maximum atomic E-state index is 13.1. The van der Waals surface area contributed by atoms with Crippen molar-refractivity contribution < 1.29 is 23.0 Å². The highest BCUT2D eigenvalue weighted by Crippen LogP contribution is 2.37. The Morgan fingerprint density at radius 2 is 1.78 bits per heavy atom. The van der Waals surface area contributed by atoms with Crippen LogP contribution in [-0.2, 0) is 16.4 Å². The number of aliphatic hydroxyl groups excluding tert-OH is 1. The summed E-state index contributed by atoms with van der Waals surface area (Å²) in [4.78, 5) is 0.0950. The zero-order valence-corrected chi connectivity index (χ0v) is 15.7. The molecule has 2 aliphatic rings. The summed E-state index contributed by atoms with van der Waals surface area (Å²) in [5.74, 6) is 0.817. The molecule has 1 atom stereocenters. The van der Waals surface area contributed by atoms with Gasteiger partial charge in [0.05, 0.1) is 6.10 Å². The zero-order valence-electron chi connectivity index (χ0n) is 14.9. The second kappa shape index (κ2) is 7.50. The lowest BCUT2D eigenvalue weighted by atomic mass is 9.76. The first-order valence-corrected chi connectivity index (χ1v) is 10.6. The Morgan fingerprint density at radius 3 is 2.52 bits per heavy atom. The predicted octanol–water partition coefficient (Wildman–Crippen LogP) is 2.12. The van der Waals surface area contributed by atoms with E-state index < -0.39 is 10.0 Å². The number of hydrogen-bond acceptors (Lipinski definition) is 5. The van der Waals surface area contributed by atoms with Gasteiger partial charge in [0.1, 0.15) is 18.1 Å². The van der Waals surface area contributed by atoms with Crippen molar-refractivity contribution in [2.45, 2.75) is 36.3 Å². The number of benzene rings is 2. The van der Waals surface area contributed by atoms with E-state index in [0.29, 0.717) is 38.2 Å². The Hall–Kier alpha value is -2.09. The van der Waals surface area contributed by atoms with E-state index in [1.54, 1.807) is 12.1 Å². The summed E-state index contributed by atoms with van der Waals surface area (Å²) < 4.78 is 40.2. The first-order chi connectivity index (χ1) is 13.0. The molecule has 6 nitrogen and oxygen atoms in total. The zero-order chi connectivity index (χ0) is 18.9. The minimum atomic E-state index is -3.80. The molecule has 1 aliphatic carbocycles. The molecule has 1 aliphatic heterocycles. The van der Waals surface area contributed by atoms with Gasteiger partial charge in [-0.05, 0) is 42.9 Å². The van der Waals surface area contributed by atoms with Gasteiger partial charge in [0.15, 0.2) is 11.5 Å². The second-order valence-corrected chi connectivity index (χ2v) is 8.77. The fourth-order valence-electron chi connectivity index (χ4n) is 3.65. The topological polar surface area (TPSA) is 84.9 Å². The number of ether oxygens (including phenoxy) is 2. The van der Waals surface area contributed by atoms with E-state index in [4.69, 9.17) is 9.47 Å². The van der Waals surface area contributed by atoms with E-state index in [1.807, 2.05) is 30.3 Å². The molecule has 0 spiro atoms. The normalized spacial score (nSPS) is 22.7. The van der Waals surface area contributed by atoms with Crippen molar-refractivity contribution in [3.63, 3.8) is 0 Å². The van der Waals surface area contributed by atoms with Crippen LogP contribution in [0.25, 0.3) is 0 Å². The van der Waals surface area contributed by atoms with Crippen LogP contribution in [0.15, 0.2) is 53.4 Å². The van der Waals surface area contributed by atoms with Crippen LogP contribution in [0.1, 0.15) is 18.4 Å². The molecule has 1 fully saturated rings. The molecule has 7 heteroatoms. The van der Waals surface area contributed by atoms with E-state index in [1.165, 1.54) is 6.07 Å². The lowest BCUT2D eigenvalue weighted by Crippen LogP contribution is -2.48. The van der Waals surface area contributed by atoms with Crippen molar-refractivity contribution in [3.8, 4) is 11.5 Å². The van der Waals surface area contributed by atoms with E-state index in [-0.39, 0.29) is 28.7 Å². The molecule has 144 valence electrons. The van der Waals surface area contributed by atoms with Gasteiger partial charge >= 0.3 is 0 Å². The Labute approximate surface area is 159 Å². The highest BCUT2D eigenvalue weighted by molar-refractivity contribution is 7.89. The van der Waals surface area contributed by atoms with Crippen molar-refractivity contribution in [3.05, 3.63) is 54.1 Å². The maximum absolute atomic E-state index is 13.1. The third kappa shape index (κ3) is 3.95. The summed E-state index contributed by atoms with van der Waals surface area (Å²) in [6.07, 6.45) is 1.43. The largest absolute Gasteiger partial charge is 0.486 e. The standard InChI is InChI=1S/C20H23NO5S/c22-16-12-15(13-16)17(11-14-5-2-1-3-6-14)21-27(23,24)19-8-4-7-18-20(19)26-10-9-25-18/h1-8,15-17,21-22H,9-13H2/t15?,16?,17-/m0/s1. The molecule has 1 saturated carbocycles. The molecular weight excluding hydrogens is 366 g/mol.